The Hall–Kier alpha value is -1.02. The number of nitrogens with zero attached hydrogens (tertiary/aromatic N) is 1. The van der Waals surface area contributed by atoms with Crippen LogP contribution in [-0.2, 0) is 6.42 Å². The summed E-state index contributed by atoms with van der Waals surface area (Å²) in [4.78, 5) is 2.48. The minimum absolute atomic E-state index is 0.436. The van der Waals surface area contributed by atoms with Crippen LogP contribution in [-0.4, -0.2) is 30.1 Å². The highest BCUT2D eigenvalue weighted by atomic mass is 16.3. The van der Waals surface area contributed by atoms with Crippen molar-refractivity contribution >= 4 is 0 Å². The monoisotopic (exact) mass is 299 g/mol. The lowest BCUT2D eigenvalue weighted by Crippen LogP contribution is -2.48. The van der Waals surface area contributed by atoms with E-state index in [0.29, 0.717) is 11.2 Å². The predicted molar refractivity (Wildman–Crippen MR) is 90.2 cm³/mol. The van der Waals surface area contributed by atoms with Crippen LogP contribution in [0.25, 0.3) is 0 Å². The second-order valence-corrected chi connectivity index (χ2v) is 8.40. The molecule has 1 aromatic carbocycles. The first-order valence-electron chi connectivity index (χ1n) is 8.99. The number of phenolic OH excluding ortho intramolecular Hbond substituents is 1. The van der Waals surface area contributed by atoms with Gasteiger partial charge in [-0.3, -0.25) is 0 Å². The van der Waals surface area contributed by atoms with Crippen LogP contribution < -0.4 is 0 Å². The van der Waals surface area contributed by atoms with E-state index in [0.717, 1.165) is 30.2 Å². The number of benzene rings is 1. The van der Waals surface area contributed by atoms with Gasteiger partial charge in [0.15, 0.2) is 0 Å². The first kappa shape index (κ1) is 14.6. The summed E-state index contributed by atoms with van der Waals surface area (Å²) in [6.45, 7) is 2.57. The molecule has 0 radical (unpaired) electrons. The Morgan fingerprint density at radius 3 is 2.73 bits per heavy atom. The third kappa shape index (κ3) is 1.96. The van der Waals surface area contributed by atoms with Gasteiger partial charge < -0.3 is 10.0 Å². The zero-order chi connectivity index (χ0) is 15.5. The van der Waals surface area contributed by atoms with Crippen molar-refractivity contribution in [1.29, 1.82) is 0 Å². The summed E-state index contributed by atoms with van der Waals surface area (Å²) in [5.41, 5.74) is 3.47. The Morgan fingerprint density at radius 2 is 1.95 bits per heavy atom. The second kappa shape index (κ2) is 4.99. The van der Waals surface area contributed by atoms with Crippen LogP contribution in [0.3, 0.4) is 0 Å². The largest absolute Gasteiger partial charge is 0.508 e. The van der Waals surface area contributed by atoms with Crippen LogP contribution in [0.2, 0.25) is 0 Å². The standard InChI is InChI=1S/C20H29NO/c1-20-11-10-16-15-7-5-14(22)12-13(15)4-6-17(16)18(20)8-9-19(20)21(2)3/h5,7,12,16-19,22H,4,6,8-11H2,1-3H3/t16-,17-,18+,19+,20+/m1/s1. The minimum Gasteiger partial charge on any atom is -0.508 e. The van der Waals surface area contributed by atoms with Gasteiger partial charge in [0.2, 0.25) is 0 Å². The van der Waals surface area contributed by atoms with Gasteiger partial charge in [0.25, 0.3) is 0 Å². The van der Waals surface area contributed by atoms with Gasteiger partial charge in [-0.05, 0) is 99.0 Å². The molecule has 2 fully saturated rings. The smallest absolute Gasteiger partial charge is 0.115 e. The predicted octanol–water partition coefficient (Wildman–Crippen LogP) is 4.18. The van der Waals surface area contributed by atoms with Crippen molar-refractivity contribution in [1.82, 2.24) is 4.90 Å². The zero-order valence-electron chi connectivity index (χ0n) is 14.2. The lowest BCUT2D eigenvalue weighted by atomic mass is 9.55. The van der Waals surface area contributed by atoms with E-state index in [1.165, 1.54) is 37.7 Å². The summed E-state index contributed by atoms with van der Waals surface area (Å²) in [6, 6.07) is 6.88. The number of phenols is 1. The summed E-state index contributed by atoms with van der Waals surface area (Å²) in [6.07, 6.45) is 7.96. The van der Waals surface area contributed by atoms with Gasteiger partial charge in [0.1, 0.15) is 5.75 Å². The van der Waals surface area contributed by atoms with E-state index in [1.807, 2.05) is 12.1 Å². The molecule has 22 heavy (non-hydrogen) atoms. The van der Waals surface area contributed by atoms with Gasteiger partial charge in [-0.25, -0.2) is 0 Å². The molecule has 1 N–H and O–H groups in total. The fourth-order valence-corrected chi connectivity index (χ4v) is 6.39. The van der Waals surface area contributed by atoms with E-state index in [2.05, 4.69) is 32.0 Å². The first-order valence-corrected chi connectivity index (χ1v) is 8.99. The maximum Gasteiger partial charge on any atom is 0.115 e. The molecule has 3 aliphatic rings. The molecule has 0 heterocycles. The molecule has 3 aliphatic carbocycles. The van der Waals surface area contributed by atoms with Crippen molar-refractivity contribution in [3.8, 4) is 5.75 Å². The van der Waals surface area contributed by atoms with Gasteiger partial charge >= 0.3 is 0 Å². The Balaban J connectivity index is 1.67. The van der Waals surface area contributed by atoms with Crippen molar-refractivity contribution in [3.05, 3.63) is 29.3 Å². The molecule has 5 atom stereocenters. The molecule has 0 saturated heterocycles. The van der Waals surface area contributed by atoms with Crippen LogP contribution in [0.15, 0.2) is 18.2 Å². The quantitative estimate of drug-likeness (QED) is 0.841. The van der Waals surface area contributed by atoms with Gasteiger partial charge in [0, 0.05) is 6.04 Å². The zero-order valence-corrected chi connectivity index (χ0v) is 14.2. The van der Waals surface area contributed by atoms with Crippen molar-refractivity contribution in [2.24, 2.45) is 17.3 Å². The summed E-state index contributed by atoms with van der Waals surface area (Å²) < 4.78 is 0. The summed E-state index contributed by atoms with van der Waals surface area (Å²) in [7, 11) is 4.53. The third-order valence-corrected chi connectivity index (χ3v) is 7.28. The van der Waals surface area contributed by atoms with Crippen LogP contribution in [0.5, 0.6) is 5.75 Å². The van der Waals surface area contributed by atoms with E-state index in [-0.39, 0.29) is 0 Å². The van der Waals surface area contributed by atoms with Crippen LogP contribution in [0.4, 0.5) is 0 Å². The highest BCUT2D eigenvalue weighted by Crippen LogP contribution is 2.61. The van der Waals surface area contributed by atoms with Gasteiger partial charge in [-0.15, -0.1) is 0 Å². The first-order chi connectivity index (χ1) is 10.5. The topological polar surface area (TPSA) is 23.5 Å². The van der Waals surface area contributed by atoms with Crippen LogP contribution >= 0.6 is 0 Å². The number of rotatable bonds is 1. The highest BCUT2D eigenvalue weighted by Gasteiger charge is 2.55. The molecule has 0 amide bonds. The molecule has 2 saturated carbocycles. The molecule has 1 aromatic rings. The summed E-state index contributed by atoms with van der Waals surface area (Å²) in [5, 5.41) is 9.77. The molecule has 2 heteroatoms. The number of hydrogen-bond donors (Lipinski definition) is 1. The lowest BCUT2D eigenvalue weighted by Gasteiger charge is -2.52. The fraction of sp³-hybridized carbons (Fsp3) is 0.700. The molecule has 0 aliphatic heterocycles. The van der Waals surface area contributed by atoms with E-state index >= 15 is 0 Å². The summed E-state index contributed by atoms with van der Waals surface area (Å²) >= 11 is 0. The molecule has 4 rings (SSSR count). The average molecular weight is 299 g/mol. The van der Waals surface area contributed by atoms with Crippen molar-refractivity contribution in [3.63, 3.8) is 0 Å². The number of aryl methyl sites for hydroxylation is 1. The van der Waals surface area contributed by atoms with Crippen molar-refractivity contribution in [2.45, 2.75) is 57.4 Å². The number of fused-ring (bicyclic) bond motifs is 5. The Kier molecular flexibility index (Phi) is 3.30. The molecule has 2 nitrogen and oxygen atoms in total. The Labute approximate surface area is 134 Å². The number of aromatic hydroxyl groups is 1. The van der Waals surface area contributed by atoms with Crippen LogP contribution in [0, 0.1) is 17.3 Å². The molecule has 0 bridgehead atoms. The molecular formula is C20H29NO. The lowest BCUT2D eigenvalue weighted by molar-refractivity contribution is 0.0145. The van der Waals surface area contributed by atoms with E-state index < -0.39 is 0 Å². The van der Waals surface area contributed by atoms with Gasteiger partial charge in [-0.2, -0.15) is 0 Å². The molecule has 0 aromatic heterocycles. The molecule has 120 valence electrons. The number of hydrogen-bond acceptors (Lipinski definition) is 2. The summed E-state index contributed by atoms with van der Waals surface area (Å²) in [5.74, 6) is 2.93. The van der Waals surface area contributed by atoms with Crippen molar-refractivity contribution < 1.29 is 5.11 Å². The maximum atomic E-state index is 9.77. The van der Waals surface area contributed by atoms with E-state index in [4.69, 9.17) is 0 Å². The van der Waals surface area contributed by atoms with Gasteiger partial charge in [-0.1, -0.05) is 13.0 Å². The molecular weight excluding hydrogens is 270 g/mol. The van der Waals surface area contributed by atoms with E-state index in [9.17, 15) is 5.11 Å². The Morgan fingerprint density at radius 1 is 1.14 bits per heavy atom. The second-order valence-electron chi connectivity index (χ2n) is 8.40. The molecule has 0 spiro atoms. The average Bonchev–Trinajstić information content (AvgIpc) is 2.84. The molecule has 0 unspecified atom stereocenters. The van der Waals surface area contributed by atoms with Crippen molar-refractivity contribution in [2.75, 3.05) is 14.1 Å². The fourth-order valence-electron chi connectivity index (χ4n) is 6.39. The highest BCUT2D eigenvalue weighted by molar-refractivity contribution is 5.40. The maximum absolute atomic E-state index is 9.77. The minimum atomic E-state index is 0.436. The van der Waals surface area contributed by atoms with Gasteiger partial charge in [0.05, 0.1) is 0 Å². The Bertz CT molecular complexity index is 581. The third-order valence-electron chi connectivity index (χ3n) is 7.28. The normalized spacial score (nSPS) is 40.2. The van der Waals surface area contributed by atoms with Crippen LogP contribution in [0.1, 0.15) is 56.1 Å². The SMILES string of the molecule is CN(C)[C@H]1CC[C@H]2[C@@H]3CCc4cc(O)ccc4[C@H]3CC[C@]12C. The van der Waals surface area contributed by atoms with E-state index in [1.54, 1.807) is 5.56 Å².